The molecule has 1 aliphatic carbocycles. The van der Waals surface area contributed by atoms with Gasteiger partial charge in [0.2, 0.25) is 5.91 Å². The van der Waals surface area contributed by atoms with Gasteiger partial charge in [-0.1, -0.05) is 12.8 Å². The van der Waals surface area contributed by atoms with Crippen LogP contribution >= 0.6 is 12.4 Å². The maximum Gasteiger partial charge on any atom is 0.317 e. The van der Waals surface area contributed by atoms with Crippen LogP contribution in [-0.2, 0) is 4.79 Å². The highest BCUT2D eigenvalue weighted by Gasteiger charge is 2.33. The Balaban J connectivity index is 0.00000208. The molecule has 1 saturated carbocycles. The van der Waals surface area contributed by atoms with Gasteiger partial charge in [-0.05, 0) is 32.6 Å². The average Bonchev–Trinajstić information content (AvgIpc) is 3.07. The molecule has 3 fully saturated rings. The highest BCUT2D eigenvalue weighted by atomic mass is 35.5. The minimum atomic E-state index is -0.0246. The Morgan fingerprint density at radius 3 is 2.46 bits per heavy atom. The van der Waals surface area contributed by atoms with E-state index in [9.17, 15) is 9.59 Å². The summed E-state index contributed by atoms with van der Waals surface area (Å²) in [5.41, 5.74) is 0. The third-order valence-corrected chi connectivity index (χ3v) is 5.42. The van der Waals surface area contributed by atoms with Gasteiger partial charge in [-0.2, -0.15) is 0 Å². The van der Waals surface area contributed by atoms with E-state index in [-0.39, 0.29) is 30.3 Å². The van der Waals surface area contributed by atoms with Gasteiger partial charge in [0.05, 0.1) is 5.92 Å². The Hall–Kier alpha value is -1.01. The molecule has 2 aliphatic heterocycles. The molecule has 3 aliphatic rings. The number of nitrogens with one attached hydrogen (secondary N) is 2. The lowest BCUT2D eigenvalue weighted by atomic mass is 9.96. The number of nitrogens with zero attached hydrogens (tertiary/aromatic N) is 2. The summed E-state index contributed by atoms with van der Waals surface area (Å²) in [7, 11) is 0. The Morgan fingerprint density at radius 1 is 1.00 bits per heavy atom. The first-order valence-corrected chi connectivity index (χ1v) is 9.21. The number of carbonyl (C=O) groups excluding carboxylic acids is 2. The molecule has 0 aromatic heterocycles. The summed E-state index contributed by atoms with van der Waals surface area (Å²) in [6.45, 7) is 5.90. The topological polar surface area (TPSA) is 64.7 Å². The molecule has 0 radical (unpaired) electrons. The molecule has 24 heavy (non-hydrogen) atoms. The van der Waals surface area contributed by atoms with Gasteiger partial charge < -0.3 is 20.4 Å². The molecule has 0 aromatic rings. The van der Waals surface area contributed by atoms with Crippen LogP contribution in [0, 0.1) is 5.92 Å². The highest BCUT2D eigenvalue weighted by Crippen LogP contribution is 2.21. The number of hydrogen-bond donors (Lipinski definition) is 2. The van der Waals surface area contributed by atoms with Crippen molar-refractivity contribution in [3.05, 3.63) is 0 Å². The lowest BCUT2D eigenvalue weighted by molar-refractivity contribution is -0.138. The van der Waals surface area contributed by atoms with E-state index in [4.69, 9.17) is 0 Å². The van der Waals surface area contributed by atoms with E-state index in [0.717, 1.165) is 51.9 Å². The van der Waals surface area contributed by atoms with Gasteiger partial charge in [0.1, 0.15) is 0 Å². The number of likely N-dealkylation sites (tertiary alicyclic amines) is 1. The first-order chi connectivity index (χ1) is 11.1. The third kappa shape index (κ3) is 4.76. The van der Waals surface area contributed by atoms with Crippen LogP contribution in [0.4, 0.5) is 4.79 Å². The number of carbonyl (C=O) groups is 2. The average molecular weight is 359 g/mol. The van der Waals surface area contributed by atoms with Crippen LogP contribution in [0.1, 0.15) is 45.4 Å². The lowest BCUT2D eigenvalue weighted by Gasteiger charge is -2.38. The Bertz CT molecular complexity index is 442. The van der Waals surface area contributed by atoms with Crippen molar-refractivity contribution in [2.24, 2.45) is 5.92 Å². The molecule has 3 rings (SSSR count). The second kappa shape index (κ2) is 8.90. The number of amides is 3. The zero-order valence-corrected chi connectivity index (χ0v) is 15.4. The second-order valence-electron chi connectivity index (χ2n) is 7.36. The molecule has 6 nitrogen and oxygen atoms in total. The van der Waals surface area contributed by atoms with E-state index in [0.29, 0.717) is 18.6 Å². The summed E-state index contributed by atoms with van der Waals surface area (Å²) in [4.78, 5) is 29.0. The number of urea groups is 1. The van der Waals surface area contributed by atoms with E-state index < -0.39 is 0 Å². The van der Waals surface area contributed by atoms with Crippen LogP contribution in [0.5, 0.6) is 0 Å². The second-order valence-corrected chi connectivity index (χ2v) is 7.36. The molecule has 3 amide bonds. The number of piperazine rings is 1. The summed E-state index contributed by atoms with van der Waals surface area (Å²) in [6, 6.07) is 0.730. The van der Waals surface area contributed by atoms with Gasteiger partial charge in [-0.15, -0.1) is 12.4 Å². The van der Waals surface area contributed by atoms with E-state index in [1.165, 1.54) is 12.8 Å². The monoisotopic (exact) mass is 358 g/mol. The van der Waals surface area contributed by atoms with Crippen molar-refractivity contribution in [2.45, 2.75) is 57.5 Å². The standard InChI is InChI=1S/C17H30N4O2.ClH/c1-13-11-20(10-8-18-13)16(22)14-5-4-9-21(12-14)17(23)19-15-6-2-3-7-15;/h13-15,18H,2-12H2,1H3,(H,19,23);1H. The summed E-state index contributed by atoms with van der Waals surface area (Å²) in [5.74, 6) is 0.208. The first-order valence-electron chi connectivity index (χ1n) is 9.21. The van der Waals surface area contributed by atoms with Gasteiger partial charge in [-0.3, -0.25) is 4.79 Å². The van der Waals surface area contributed by atoms with Crippen LogP contribution in [0.15, 0.2) is 0 Å². The lowest BCUT2D eigenvalue weighted by Crippen LogP contribution is -2.55. The maximum absolute atomic E-state index is 12.8. The summed E-state index contributed by atoms with van der Waals surface area (Å²) in [6.07, 6.45) is 6.46. The van der Waals surface area contributed by atoms with E-state index >= 15 is 0 Å². The van der Waals surface area contributed by atoms with Gasteiger partial charge in [0.15, 0.2) is 0 Å². The summed E-state index contributed by atoms with van der Waals surface area (Å²) in [5, 5.41) is 6.52. The van der Waals surface area contributed by atoms with Crippen molar-refractivity contribution in [2.75, 3.05) is 32.7 Å². The maximum atomic E-state index is 12.8. The first kappa shape index (κ1) is 19.3. The van der Waals surface area contributed by atoms with E-state index in [1.54, 1.807) is 0 Å². The normalized spacial score (nSPS) is 28.4. The fourth-order valence-electron chi connectivity index (χ4n) is 4.09. The fourth-order valence-corrected chi connectivity index (χ4v) is 4.09. The van der Waals surface area contributed by atoms with Gasteiger partial charge >= 0.3 is 6.03 Å². The van der Waals surface area contributed by atoms with Gasteiger partial charge in [0.25, 0.3) is 0 Å². The molecule has 2 heterocycles. The van der Waals surface area contributed by atoms with Crippen LogP contribution in [0.25, 0.3) is 0 Å². The van der Waals surface area contributed by atoms with Crippen LogP contribution in [0.3, 0.4) is 0 Å². The fraction of sp³-hybridized carbons (Fsp3) is 0.882. The zero-order valence-electron chi connectivity index (χ0n) is 14.6. The predicted octanol–water partition coefficient (Wildman–Crippen LogP) is 1.59. The Labute approximate surface area is 151 Å². The SMILES string of the molecule is CC1CN(C(=O)C2CCCN(C(=O)NC3CCCC3)C2)CCN1.Cl. The number of hydrogen-bond acceptors (Lipinski definition) is 3. The molecular weight excluding hydrogens is 328 g/mol. The van der Waals surface area contributed by atoms with Crippen LogP contribution in [0.2, 0.25) is 0 Å². The quantitative estimate of drug-likeness (QED) is 0.788. The number of halogens is 1. The van der Waals surface area contributed by atoms with E-state index in [2.05, 4.69) is 17.6 Å². The van der Waals surface area contributed by atoms with Crippen molar-refractivity contribution in [3.8, 4) is 0 Å². The molecule has 2 saturated heterocycles. The van der Waals surface area contributed by atoms with Gasteiger partial charge in [0, 0.05) is 44.8 Å². The van der Waals surface area contributed by atoms with Gasteiger partial charge in [-0.25, -0.2) is 4.79 Å². The third-order valence-electron chi connectivity index (χ3n) is 5.42. The van der Waals surface area contributed by atoms with Crippen molar-refractivity contribution < 1.29 is 9.59 Å². The highest BCUT2D eigenvalue weighted by molar-refractivity contribution is 5.85. The van der Waals surface area contributed by atoms with E-state index in [1.807, 2.05) is 9.80 Å². The molecule has 7 heteroatoms. The number of rotatable bonds is 2. The molecule has 138 valence electrons. The molecule has 2 unspecified atom stereocenters. The largest absolute Gasteiger partial charge is 0.340 e. The summed E-state index contributed by atoms with van der Waals surface area (Å²) >= 11 is 0. The van der Waals surface area contributed by atoms with Crippen LogP contribution < -0.4 is 10.6 Å². The van der Waals surface area contributed by atoms with Crippen LogP contribution in [-0.4, -0.2) is 66.5 Å². The molecule has 0 aromatic carbocycles. The zero-order chi connectivity index (χ0) is 16.2. The minimum absolute atomic E-state index is 0. The minimum Gasteiger partial charge on any atom is -0.340 e. The molecule has 2 atom stereocenters. The molecule has 0 bridgehead atoms. The Morgan fingerprint density at radius 2 is 1.75 bits per heavy atom. The number of piperidine rings is 1. The van der Waals surface area contributed by atoms with Crippen molar-refractivity contribution in [1.82, 2.24) is 20.4 Å². The molecule has 2 N–H and O–H groups in total. The molecular formula is C17H31ClN4O2. The predicted molar refractivity (Wildman–Crippen MR) is 96.4 cm³/mol. The van der Waals surface area contributed by atoms with Crippen molar-refractivity contribution in [3.63, 3.8) is 0 Å². The van der Waals surface area contributed by atoms with Crippen molar-refractivity contribution in [1.29, 1.82) is 0 Å². The smallest absolute Gasteiger partial charge is 0.317 e. The molecule has 0 spiro atoms. The Kier molecular flexibility index (Phi) is 7.16. The summed E-state index contributed by atoms with van der Waals surface area (Å²) < 4.78 is 0. The van der Waals surface area contributed by atoms with Crippen molar-refractivity contribution >= 4 is 24.3 Å².